The molecule has 0 bridgehead atoms. The van der Waals surface area contributed by atoms with Gasteiger partial charge in [0.05, 0.1) is 12.4 Å². The van der Waals surface area contributed by atoms with Gasteiger partial charge in [0.2, 0.25) is 11.8 Å². The Morgan fingerprint density at radius 2 is 2.19 bits per heavy atom. The molecule has 1 aliphatic heterocycles. The summed E-state index contributed by atoms with van der Waals surface area (Å²) in [7, 11) is 1.93. The molecule has 0 fully saturated rings. The van der Waals surface area contributed by atoms with E-state index >= 15 is 0 Å². The van der Waals surface area contributed by atoms with Gasteiger partial charge >= 0.3 is 0 Å². The molecule has 9 heteroatoms. The van der Waals surface area contributed by atoms with Crippen LogP contribution in [0.4, 0.5) is 0 Å². The number of hydrogen-bond donors (Lipinski definition) is 0. The summed E-state index contributed by atoms with van der Waals surface area (Å²) in [6.07, 6.45) is 9.15. The maximum atomic E-state index is 12.7. The molecule has 4 heterocycles. The highest BCUT2D eigenvalue weighted by molar-refractivity contribution is 5.76. The number of carbonyl (C=O) groups excluding carboxylic acids is 1. The summed E-state index contributed by atoms with van der Waals surface area (Å²) in [5.74, 6) is 0.503. The summed E-state index contributed by atoms with van der Waals surface area (Å²) in [6.45, 7) is 3.70. The van der Waals surface area contributed by atoms with Crippen molar-refractivity contribution in [2.24, 2.45) is 7.05 Å². The maximum Gasteiger partial charge on any atom is 0.244 e. The van der Waals surface area contributed by atoms with Crippen molar-refractivity contribution in [1.82, 2.24) is 34.4 Å². The van der Waals surface area contributed by atoms with Crippen LogP contribution in [0.2, 0.25) is 0 Å². The molecule has 0 unspecified atom stereocenters. The van der Waals surface area contributed by atoms with E-state index in [9.17, 15) is 4.79 Å². The Labute approximate surface area is 156 Å². The number of aromatic nitrogens is 6. The second-order valence-corrected chi connectivity index (χ2v) is 6.61. The van der Waals surface area contributed by atoms with E-state index in [4.69, 9.17) is 4.74 Å². The van der Waals surface area contributed by atoms with E-state index in [1.807, 2.05) is 29.7 Å². The fraction of sp³-hybridized carbons (Fsp3) is 0.389. The second-order valence-electron chi connectivity index (χ2n) is 6.61. The highest BCUT2D eigenvalue weighted by atomic mass is 16.5. The van der Waals surface area contributed by atoms with Gasteiger partial charge in [-0.1, -0.05) is 0 Å². The lowest BCUT2D eigenvalue weighted by Gasteiger charge is -2.27. The first-order chi connectivity index (χ1) is 13.1. The predicted molar refractivity (Wildman–Crippen MR) is 95.7 cm³/mol. The normalized spacial score (nSPS) is 13.5. The summed E-state index contributed by atoms with van der Waals surface area (Å²) in [6, 6.07) is 0. The molecule has 0 N–H and O–H groups in total. The standard InChI is InChI=1S/C18H21N7O2/c1-13-7-21-25(9-13)11-18(26)24-6-3-16-14(10-24)15(22-23(16)2)12-27-17-8-19-4-5-20-17/h4-5,7-9H,3,6,10-12H2,1-2H3. The molecular weight excluding hydrogens is 346 g/mol. The predicted octanol–water partition coefficient (Wildman–Crippen LogP) is 0.879. The number of hydrogen-bond acceptors (Lipinski definition) is 6. The molecule has 3 aromatic heterocycles. The Balaban J connectivity index is 1.47. The zero-order valence-electron chi connectivity index (χ0n) is 15.4. The Kier molecular flexibility index (Phi) is 4.57. The molecule has 0 atom stereocenters. The Morgan fingerprint density at radius 1 is 1.30 bits per heavy atom. The third-order valence-electron chi connectivity index (χ3n) is 4.63. The van der Waals surface area contributed by atoms with Crippen molar-refractivity contribution >= 4 is 5.91 Å². The first-order valence-corrected chi connectivity index (χ1v) is 8.79. The zero-order valence-corrected chi connectivity index (χ0v) is 15.4. The van der Waals surface area contributed by atoms with Crippen LogP contribution in [0.25, 0.3) is 0 Å². The Bertz CT molecular complexity index is 948. The van der Waals surface area contributed by atoms with Gasteiger partial charge in [0.15, 0.2) is 0 Å². The number of rotatable bonds is 5. The van der Waals surface area contributed by atoms with E-state index in [2.05, 4.69) is 20.2 Å². The maximum absolute atomic E-state index is 12.7. The lowest BCUT2D eigenvalue weighted by atomic mass is 10.1. The van der Waals surface area contributed by atoms with Crippen molar-refractivity contribution in [3.8, 4) is 5.88 Å². The summed E-state index contributed by atoms with van der Waals surface area (Å²) in [5, 5.41) is 8.78. The SMILES string of the molecule is Cc1cnn(CC(=O)N2CCc3c(c(COc4cnccn4)nn3C)C2)c1. The smallest absolute Gasteiger partial charge is 0.244 e. The van der Waals surface area contributed by atoms with Crippen molar-refractivity contribution in [3.63, 3.8) is 0 Å². The summed E-state index contributed by atoms with van der Waals surface area (Å²) >= 11 is 0. The topological polar surface area (TPSA) is 91.0 Å². The average molecular weight is 367 g/mol. The zero-order chi connectivity index (χ0) is 18.8. The van der Waals surface area contributed by atoms with Gasteiger partial charge in [-0.05, 0) is 12.5 Å². The summed E-state index contributed by atoms with van der Waals surface area (Å²) in [4.78, 5) is 22.6. The van der Waals surface area contributed by atoms with Crippen LogP contribution in [0, 0.1) is 6.92 Å². The molecule has 27 heavy (non-hydrogen) atoms. The number of nitrogens with zero attached hydrogens (tertiary/aromatic N) is 7. The van der Waals surface area contributed by atoms with Crippen LogP contribution in [-0.4, -0.2) is 46.9 Å². The number of ether oxygens (including phenoxy) is 1. The minimum Gasteiger partial charge on any atom is -0.470 e. The summed E-state index contributed by atoms with van der Waals surface area (Å²) in [5.41, 5.74) is 4.06. The monoisotopic (exact) mass is 367 g/mol. The molecule has 0 saturated carbocycles. The molecule has 1 amide bonds. The van der Waals surface area contributed by atoms with Gasteiger partial charge in [0.25, 0.3) is 0 Å². The molecule has 0 spiro atoms. The van der Waals surface area contributed by atoms with E-state index in [1.54, 1.807) is 29.5 Å². The largest absolute Gasteiger partial charge is 0.470 e. The molecule has 4 rings (SSSR count). The highest BCUT2D eigenvalue weighted by Gasteiger charge is 2.27. The molecule has 0 aliphatic carbocycles. The molecule has 0 aromatic carbocycles. The first-order valence-electron chi connectivity index (χ1n) is 8.79. The minimum atomic E-state index is 0.0494. The van der Waals surface area contributed by atoms with Crippen molar-refractivity contribution < 1.29 is 9.53 Å². The van der Waals surface area contributed by atoms with Gasteiger partial charge in [0.1, 0.15) is 18.8 Å². The molecule has 1 aliphatic rings. The van der Waals surface area contributed by atoms with E-state index in [0.717, 1.165) is 28.9 Å². The Hall–Kier alpha value is -3.23. The van der Waals surface area contributed by atoms with Crippen LogP contribution in [-0.2, 0) is 38.0 Å². The van der Waals surface area contributed by atoms with Crippen molar-refractivity contribution in [3.05, 3.63) is 53.5 Å². The lowest BCUT2D eigenvalue weighted by Crippen LogP contribution is -2.38. The lowest BCUT2D eigenvalue weighted by molar-refractivity contribution is -0.133. The van der Waals surface area contributed by atoms with E-state index < -0.39 is 0 Å². The molecular formula is C18H21N7O2. The second kappa shape index (κ2) is 7.18. The molecule has 0 radical (unpaired) electrons. The van der Waals surface area contributed by atoms with Gasteiger partial charge < -0.3 is 9.64 Å². The Morgan fingerprint density at radius 3 is 2.93 bits per heavy atom. The number of fused-ring (bicyclic) bond motifs is 1. The van der Waals surface area contributed by atoms with Crippen LogP contribution in [0.1, 0.15) is 22.5 Å². The van der Waals surface area contributed by atoms with Crippen LogP contribution >= 0.6 is 0 Å². The fourth-order valence-corrected chi connectivity index (χ4v) is 3.29. The van der Waals surface area contributed by atoms with E-state index in [-0.39, 0.29) is 12.5 Å². The van der Waals surface area contributed by atoms with Crippen molar-refractivity contribution in [2.45, 2.75) is 33.0 Å². The van der Waals surface area contributed by atoms with Crippen LogP contribution in [0.15, 0.2) is 31.0 Å². The van der Waals surface area contributed by atoms with Crippen LogP contribution in [0.3, 0.4) is 0 Å². The average Bonchev–Trinajstić information content (AvgIpc) is 3.23. The van der Waals surface area contributed by atoms with E-state index in [1.165, 1.54) is 0 Å². The van der Waals surface area contributed by atoms with Gasteiger partial charge in [-0.15, -0.1) is 0 Å². The van der Waals surface area contributed by atoms with Gasteiger partial charge in [0, 0.05) is 56.4 Å². The van der Waals surface area contributed by atoms with Crippen LogP contribution in [0.5, 0.6) is 5.88 Å². The van der Waals surface area contributed by atoms with Crippen molar-refractivity contribution in [1.29, 1.82) is 0 Å². The minimum absolute atomic E-state index is 0.0494. The van der Waals surface area contributed by atoms with Gasteiger partial charge in [-0.2, -0.15) is 10.2 Å². The van der Waals surface area contributed by atoms with E-state index in [0.29, 0.717) is 25.6 Å². The number of amides is 1. The van der Waals surface area contributed by atoms with Crippen LogP contribution < -0.4 is 4.74 Å². The van der Waals surface area contributed by atoms with Crippen molar-refractivity contribution in [2.75, 3.05) is 6.54 Å². The number of aryl methyl sites for hydroxylation is 2. The molecule has 3 aromatic rings. The molecule has 0 saturated heterocycles. The third kappa shape index (κ3) is 3.67. The third-order valence-corrected chi connectivity index (χ3v) is 4.63. The fourth-order valence-electron chi connectivity index (χ4n) is 3.29. The molecule has 9 nitrogen and oxygen atoms in total. The quantitative estimate of drug-likeness (QED) is 0.665. The first kappa shape index (κ1) is 17.2. The highest BCUT2D eigenvalue weighted by Crippen LogP contribution is 2.23. The summed E-state index contributed by atoms with van der Waals surface area (Å²) < 4.78 is 9.25. The van der Waals surface area contributed by atoms with Gasteiger partial charge in [-0.3, -0.25) is 19.1 Å². The number of carbonyl (C=O) groups is 1. The van der Waals surface area contributed by atoms with Gasteiger partial charge in [-0.25, -0.2) is 4.98 Å². The molecule has 140 valence electrons.